The van der Waals surface area contributed by atoms with Crippen molar-refractivity contribution in [3.8, 4) is 0 Å². The Labute approximate surface area is 160 Å². The molecule has 2 unspecified atom stereocenters. The highest BCUT2D eigenvalue weighted by Crippen LogP contribution is 2.38. The summed E-state index contributed by atoms with van der Waals surface area (Å²) in [5.74, 6) is 2.72. The SMILES string of the molecule is Cc1nc2c(c(N3CC4CN(S(=O)(=O)N5CCOCC5)CC4C3)n1)CCC2. The Bertz CT molecular complexity index is 826. The summed E-state index contributed by atoms with van der Waals surface area (Å²) in [6, 6.07) is 0. The quantitative estimate of drug-likeness (QED) is 0.731. The van der Waals surface area contributed by atoms with Crippen LogP contribution in [0.15, 0.2) is 0 Å². The lowest BCUT2D eigenvalue weighted by Gasteiger charge is -2.31. The molecule has 8 nitrogen and oxygen atoms in total. The molecule has 0 amide bonds. The second-order valence-corrected chi connectivity index (χ2v) is 10.1. The van der Waals surface area contributed by atoms with Crippen LogP contribution in [0.3, 0.4) is 0 Å². The highest BCUT2D eigenvalue weighted by atomic mass is 32.2. The minimum Gasteiger partial charge on any atom is -0.379 e. The Morgan fingerprint density at radius 1 is 0.963 bits per heavy atom. The number of anilines is 1. The van der Waals surface area contributed by atoms with Gasteiger partial charge in [-0.1, -0.05) is 0 Å². The molecule has 0 bridgehead atoms. The van der Waals surface area contributed by atoms with Crippen LogP contribution in [0, 0.1) is 18.8 Å². The zero-order valence-corrected chi connectivity index (χ0v) is 16.6. The van der Waals surface area contributed by atoms with E-state index < -0.39 is 10.2 Å². The molecule has 0 aromatic carbocycles. The predicted molar refractivity (Wildman–Crippen MR) is 101 cm³/mol. The van der Waals surface area contributed by atoms with Gasteiger partial charge in [0.25, 0.3) is 10.2 Å². The average molecular weight is 394 g/mol. The summed E-state index contributed by atoms with van der Waals surface area (Å²) in [7, 11) is -3.36. The van der Waals surface area contributed by atoms with Crippen molar-refractivity contribution in [2.45, 2.75) is 26.2 Å². The van der Waals surface area contributed by atoms with Crippen LogP contribution < -0.4 is 4.90 Å². The molecule has 4 heterocycles. The van der Waals surface area contributed by atoms with Crippen LogP contribution in [-0.4, -0.2) is 79.5 Å². The number of aromatic nitrogens is 2. The largest absolute Gasteiger partial charge is 0.379 e. The summed E-state index contributed by atoms with van der Waals surface area (Å²) in [5.41, 5.74) is 2.53. The highest BCUT2D eigenvalue weighted by Gasteiger charge is 2.46. The fourth-order valence-electron chi connectivity index (χ4n) is 5.05. The van der Waals surface area contributed by atoms with E-state index in [2.05, 4.69) is 9.88 Å². The van der Waals surface area contributed by atoms with Gasteiger partial charge < -0.3 is 9.64 Å². The first-order chi connectivity index (χ1) is 13.0. The van der Waals surface area contributed by atoms with Gasteiger partial charge in [0.2, 0.25) is 0 Å². The lowest BCUT2D eigenvalue weighted by Crippen LogP contribution is -2.48. The number of hydrogen-bond acceptors (Lipinski definition) is 6. The molecule has 0 spiro atoms. The Morgan fingerprint density at radius 3 is 2.37 bits per heavy atom. The number of nitrogens with zero attached hydrogens (tertiary/aromatic N) is 5. The number of rotatable bonds is 3. The fraction of sp³-hybridized carbons (Fsp3) is 0.778. The van der Waals surface area contributed by atoms with Crippen LogP contribution in [0.2, 0.25) is 0 Å². The van der Waals surface area contributed by atoms with Crippen molar-refractivity contribution in [2.24, 2.45) is 11.8 Å². The van der Waals surface area contributed by atoms with Gasteiger partial charge in [0.15, 0.2) is 0 Å². The molecule has 9 heteroatoms. The van der Waals surface area contributed by atoms with Gasteiger partial charge in [-0.2, -0.15) is 17.0 Å². The molecule has 1 aromatic heterocycles. The van der Waals surface area contributed by atoms with E-state index >= 15 is 0 Å². The molecule has 1 aliphatic carbocycles. The first kappa shape index (κ1) is 17.8. The van der Waals surface area contributed by atoms with Crippen molar-refractivity contribution >= 4 is 16.0 Å². The van der Waals surface area contributed by atoms with E-state index in [1.807, 2.05) is 6.92 Å². The maximum absolute atomic E-state index is 12.9. The molecule has 5 rings (SSSR count). The van der Waals surface area contributed by atoms with E-state index in [9.17, 15) is 8.42 Å². The van der Waals surface area contributed by atoms with Gasteiger partial charge in [0, 0.05) is 50.5 Å². The zero-order chi connectivity index (χ0) is 18.6. The van der Waals surface area contributed by atoms with Crippen molar-refractivity contribution in [1.82, 2.24) is 18.6 Å². The van der Waals surface area contributed by atoms with E-state index in [0.717, 1.165) is 44.0 Å². The minimum absolute atomic E-state index is 0.383. The Balaban J connectivity index is 1.30. The minimum atomic E-state index is -3.36. The summed E-state index contributed by atoms with van der Waals surface area (Å²) in [6.45, 7) is 6.90. The monoisotopic (exact) mass is 393 g/mol. The van der Waals surface area contributed by atoms with Gasteiger partial charge in [-0.3, -0.25) is 0 Å². The fourth-order valence-corrected chi connectivity index (χ4v) is 6.74. The van der Waals surface area contributed by atoms with Crippen molar-refractivity contribution < 1.29 is 13.2 Å². The topological polar surface area (TPSA) is 78.9 Å². The number of ether oxygens (including phenoxy) is 1. The van der Waals surface area contributed by atoms with Crippen LogP contribution in [0.4, 0.5) is 5.82 Å². The van der Waals surface area contributed by atoms with Gasteiger partial charge >= 0.3 is 0 Å². The third kappa shape index (κ3) is 3.04. The maximum atomic E-state index is 12.9. The molecule has 3 aliphatic heterocycles. The smallest absolute Gasteiger partial charge is 0.282 e. The van der Waals surface area contributed by atoms with Gasteiger partial charge in [-0.15, -0.1) is 0 Å². The van der Waals surface area contributed by atoms with Gasteiger partial charge in [-0.25, -0.2) is 9.97 Å². The lowest BCUT2D eigenvalue weighted by molar-refractivity contribution is 0.0705. The van der Waals surface area contributed by atoms with E-state index in [1.54, 1.807) is 8.61 Å². The molecule has 148 valence electrons. The third-order valence-corrected chi connectivity index (χ3v) is 8.37. The number of fused-ring (bicyclic) bond motifs is 2. The number of morpholine rings is 1. The lowest BCUT2D eigenvalue weighted by atomic mass is 10.0. The molecule has 1 aromatic rings. The van der Waals surface area contributed by atoms with Crippen LogP contribution in [0.1, 0.15) is 23.5 Å². The molecule has 2 atom stereocenters. The normalized spacial score (nSPS) is 29.3. The van der Waals surface area contributed by atoms with Crippen molar-refractivity contribution in [1.29, 1.82) is 0 Å². The van der Waals surface area contributed by atoms with Crippen LogP contribution in [0.5, 0.6) is 0 Å². The summed E-state index contributed by atoms with van der Waals surface area (Å²) >= 11 is 0. The van der Waals surface area contributed by atoms with Crippen LogP contribution >= 0.6 is 0 Å². The summed E-state index contributed by atoms with van der Waals surface area (Å²) < 4.78 is 34.4. The molecular weight excluding hydrogens is 366 g/mol. The Morgan fingerprint density at radius 2 is 1.67 bits per heavy atom. The van der Waals surface area contributed by atoms with E-state index in [1.165, 1.54) is 11.3 Å². The highest BCUT2D eigenvalue weighted by molar-refractivity contribution is 7.86. The van der Waals surface area contributed by atoms with Crippen molar-refractivity contribution in [2.75, 3.05) is 57.4 Å². The first-order valence-corrected chi connectivity index (χ1v) is 11.4. The van der Waals surface area contributed by atoms with Gasteiger partial charge in [-0.05, 0) is 38.0 Å². The molecule has 0 N–H and O–H groups in total. The molecular formula is C18H27N5O3S. The molecule has 3 fully saturated rings. The predicted octanol–water partition coefficient (Wildman–Crippen LogP) is 0.219. The third-order valence-electron chi connectivity index (χ3n) is 6.40. The molecule has 3 saturated heterocycles. The molecule has 27 heavy (non-hydrogen) atoms. The van der Waals surface area contributed by atoms with Crippen molar-refractivity contribution in [3.05, 3.63) is 17.1 Å². The Hall–Kier alpha value is -1.29. The van der Waals surface area contributed by atoms with E-state index in [4.69, 9.17) is 9.72 Å². The van der Waals surface area contributed by atoms with E-state index in [0.29, 0.717) is 51.2 Å². The van der Waals surface area contributed by atoms with Gasteiger partial charge in [0.1, 0.15) is 11.6 Å². The second-order valence-electron chi connectivity index (χ2n) is 8.13. The second kappa shape index (κ2) is 6.65. The standard InChI is InChI=1S/C18H27N5O3S/c1-13-19-17-4-2-3-16(17)18(20-13)21-9-14-11-23(12-15(14)10-21)27(24,25)22-5-7-26-8-6-22/h14-15H,2-12H2,1H3. The summed E-state index contributed by atoms with van der Waals surface area (Å²) in [6.07, 6.45) is 3.28. The molecule has 0 saturated carbocycles. The maximum Gasteiger partial charge on any atom is 0.282 e. The van der Waals surface area contributed by atoms with Crippen LogP contribution in [-0.2, 0) is 27.8 Å². The summed E-state index contributed by atoms with van der Waals surface area (Å²) in [5, 5.41) is 0. The van der Waals surface area contributed by atoms with Crippen molar-refractivity contribution in [3.63, 3.8) is 0 Å². The molecule has 0 radical (unpaired) electrons. The average Bonchev–Trinajstić information content (AvgIpc) is 3.36. The zero-order valence-electron chi connectivity index (χ0n) is 15.8. The number of aryl methyl sites for hydroxylation is 2. The summed E-state index contributed by atoms with van der Waals surface area (Å²) in [4.78, 5) is 11.8. The van der Waals surface area contributed by atoms with Gasteiger partial charge in [0.05, 0.1) is 13.2 Å². The first-order valence-electron chi connectivity index (χ1n) is 9.96. The Kier molecular flexibility index (Phi) is 4.38. The molecule has 4 aliphatic rings. The number of hydrogen-bond donors (Lipinski definition) is 0. The van der Waals surface area contributed by atoms with E-state index in [-0.39, 0.29) is 0 Å². The van der Waals surface area contributed by atoms with Crippen LogP contribution in [0.25, 0.3) is 0 Å².